The van der Waals surface area contributed by atoms with Crippen LogP contribution in [0.4, 0.5) is 0 Å². The summed E-state index contributed by atoms with van der Waals surface area (Å²) in [7, 11) is -3.38. The smallest absolute Gasteiger partial charge is 0.326 e. The molecule has 11 heteroatoms. The van der Waals surface area contributed by atoms with Crippen LogP contribution in [0.2, 0.25) is 0 Å². The fraction of sp³-hybridized carbons (Fsp3) is 0.652. The quantitative estimate of drug-likeness (QED) is 0.191. The van der Waals surface area contributed by atoms with Crippen LogP contribution < -0.4 is 16.4 Å². The van der Waals surface area contributed by atoms with E-state index in [0.29, 0.717) is 12.3 Å². The van der Waals surface area contributed by atoms with E-state index in [1.165, 1.54) is 0 Å². The summed E-state index contributed by atoms with van der Waals surface area (Å²) in [4.78, 5) is 24.7. The number of hydrogen-bond acceptors (Lipinski definition) is 8. The number of hydrogen-bond donors (Lipinski definition) is 5. The van der Waals surface area contributed by atoms with E-state index < -0.39 is 33.9 Å². The SMILES string of the molecule is CC[C@H](C)[C@@H](COC(Cc1ccccc1)C(=O)NC(CCS(C)(=O)=O)C(=O)O)NCC(N)CS. The average Bonchev–Trinajstić information content (AvgIpc) is 2.79. The lowest BCUT2D eigenvalue weighted by molar-refractivity contribution is -0.144. The Morgan fingerprint density at radius 1 is 1.24 bits per heavy atom. The van der Waals surface area contributed by atoms with Gasteiger partial charge in [-0.1, -0.05) is 50.6 Å². The molecule has 194 valence electrons. The van der Waals surface area contributed by atoms with E-state index >= 15 is 0 Å². The molecule has 0 aromatic heterocycles. The van der Waals surface area contributed by atoms with Gasteiger partial charge in [-0.15, -0.1) is 0 Å². The Morgan fingerprint density at radius 3 is 2.41 bits per heavy atom. The number of ether oxygens (including phenoxy) is 1. The van der Waals surface area contributed by atoms with E-state index in [9.17, 15) is 23.1 Å². The van der Waals surface area contributed by atoms with Crippen molar-refractivity contribution in [2.24, 2.45) is 11.7 Å². The molecular weight excluding hydrogens is 478 g/mol. The molecule has 0 radical (unpaired) electrons. The summed E-state index contributed by atoms with van der Waals surface area (Å²) < 4.78 is 29.0. The van der Waals surface area contributed by atoms with Gasteiger partial charge in [0.1, 0.15) is 22.0 Å². The summed E-state index contributed by atoms with van der Waals surface area (Å²) in [5.74, 6) is -1.46. The largest absolute Gasteiger partial charge is 0.480 e. The molecule has 0 spiro atoms. The van der Waals surface area contributed by atoms with E-state index in [-0.39, 0.29) is 43.2 Å². The number of carboxylic acid groups (broad SMARTS) is 1. The van der Waals surface area contributed by atoms with Crippen molar-refractivity contribution >= 4 is 34.3 Å². The van der Waals surface area contributed by atoms with Gasteiger partial charge in [-0.25, -0.2) is 13.2 Å². The third kappa shape index (κ3) is 12.2. The van der Waals surface area contributed by atoms with Crippen molar-refractivity contribution < 1.29 is 27.9 Å². The molecular formula is C23H39N3O6S2. The van der Waals surface area contributed by atoms with Crippen LogP contribution in [-0.2, 0) is 30.6 Å². The van der Waals surface area contributed by atoms with Gasteiger partial charge in [0.15, 0.2) is 0 Å². The van der Waals surface area contributed by atoms with E-state index in [0.717, 1.165) is 18.2 Å². The molecule has 1 rings (SSSR count). The maximum absolute atomic E-state index is 13.1. The predicted octanol–water partition coefficient (Wildman–Crippen LogP) is 0.880. The highest BCUT2D eigenvalue weighted by atomic mass is 32.2. The second-order valence-electron chi connectivity index (χ2n) is 8.67. The Hall–Kier alpha value is -1.66. The number of benzene rings is 1. The number of nitrogens with one attached hydrogen (secondary N) is 2. The van der Waals surface area contributed by atoms with Gasteiger partial charge in [0, 0.05) is 37.1 Å². The first-order valence-electron chi connectivity index (χ1n) is 11.4. The van der Waals surface area contributed by atoms with Crippen molar-refractivity contribution in [2.45, 2.75) is 57.3 Å². The van der Waals surface area contributed by atoms with Crippen LogP contribution >= 0.6 is 12.6 Å². The zero-order valence-electron chi connectivity index (χ0n) is 20.1. The fourth-order valence-electron chi connectivity index (χ4n) is 3.21. The maximum atomic E-state index is 13.1. The number of sulfone groups is 1. The molecule has 1 amide bonds. The number of nitrogens with two attached hydrogens (primary N) is 1. The number of carbonyl (C=O) groups is 2. The number of amides is 1. The summed E-state index contributed by atoms with van der Waals surface area (Å²) in [6.45, 7) is 4.90. The van der Waals surface area contributed by atoms with Gasteiger partial charge >= 0.3 is 5.97 Å². The molecule has 5 atom stereocenters. The van der Waals surface area contributed by atoms with Crippen molar-refractivity contribution in [3.05, 3.63) is 35.9 Å². The molecule has 1 aromatic carbocycles. The Kier molecular flexibility index (Phi) is 13.7. The summed E-state index contributed by atoms with van der Waals surface area (Å²) in [5, 5.41) is 15.3. The number of thiol groups is 1. The highest BCUT2D eigenvalue weighted by Crippen LogP contribution is 2.13. The lowest BCUT2D eigenvalue weighted by atomic mass is 9.99. The molecule has 0 aliphatic carbocycles. The van der Waals surface area contributed by atoms with Crippen LogP contribution in [0.15, 0.2) is 30.3 Å². The molecule has 0 saturated heterocycles. The summed E-state index contributed by atoms with van der Waals surface area (Å²) in [5.41, 5.74) is 6.83. The Balaban J connectivity index is 2.97. The minimum atomic E-state index is -3.38. The maximum Gasteiger partial charge on any atom is 0.326 e. The first-order chi connectivity index (χ1) is 16.0. The van der Waals surface area contributed by atoms with Crippen LogP contribution in [0.25, 0.3) is 0 Å². The third-order valence-corrected chi connectivity index (χ3v) is 7.08. The van der Waals surface area contributed by atoms with Gasteiger partial charge < -0.3 is 26.2 Å². The number of carboxylic acids is 1. The lowest BCUT2D eigenvalue weighted by Gasteiger charge is -2.28. The zero-order chi connectivity index (χ0) is 25.7. The molecule has 0 aliphatic rings. The van der Waals surface area contributed by atoms with Crippen molar-refractivity contribution in [1.82, 2.24) is 10.6 Å². The van der Waals surface area contributed by atoms with Crippen LogP contribution in [0.1, 0.15) is 32.3 Å². The van der Waals surface area contributed by atoms with Gasteiger partial charge in [0.2, 0.25) is 5.91 Å². The van der Waals surface area contributed by atoms with Crippen molar-refractivity contribution in [2.75, 3.05) is 30.9 Å². The molecule has 0 aliphatic heterocycles. The van der Waals surface area contributed by atoms with E-state index in [4.69, 9.17) is 10.5 Å². The predicted molar refractivity (Wildman–Crippen MR) is 137 cm³/mol. The molecule has 9 nitrogen and oxygen atoms in total. The normalized spacial score (nSPS) is 16.3. The van der Waals surface area contributed by atoms with Gasteiger partial charge in [-0.3, -0.25) is 4.79 Å². The summed E-state index contributed by atoms with van der Waals surface area (Å²) >= 11 is 4.21. The highest BCUT2D eigenvalue weighted by Gasteiger charge is 2.28. The highest BCUT2D eigenvalue weighted by molar-refractivity contribution is 7.90. The molecule has 34 heavy (non-hydrogen) atoms. The van der Waals surface area contributed by atoms with Gasteiger partial charge in [-0.05, 0) is 17.9 Å². The van der Waals surface area contributed by atoms with E-state index in [1.807, 2.05) is 30.3 Å². The van der Waals surface area contributed by atoms with Gasteiger partial charge in [-0.2, -0.15) is 12.6 Å². The average molecular weight is 518 g/mol. The zero-order valence-corrected chi connectivity index (χ0v) is 21.9. The molecule has 3 unspecified atom stereocenters. The van der Waals surface area contributed by atoms with Gasteiger partial charge in [0.05, 0.1) is 12.4 Å². The van der Waals surface area contributed by atoms with Crippen molar-refractivity contribution in [1.29, 1.82) is 0 Å². The van der Waals surface area contributed by atoms with Crippen molar-refractivity contribution in [3.63, 3.8) is 0 Å². The Bertz CT molecular complexity index is 854. The van der Waals surface area contributed by atoms with E-state index in [1.54, 1.807) is 0 Å². The van der Waals surface area contributed by atoms with Crippen molar-refractivity contribution in [3.8, 4) is 0 Å². The minimum Gasteiger partial charge on any atom is -0.480 e. The number of carbonyl (C=O) groups excluding carboxylic acids is 1. The molecule has 0 saturated carbocycles. The van der Waals surface area contributed by atoms with Crippen LogP contribution in [0.3, 0.4) is 0 Å². The Labute approximate surface area is 208 Å². The minimum absolute atomic E-state index is 0.0671. The second-order valence-corrected chi connectivity index (χ2v) is 11.3. The van der Waals surface area contributed by atoms with E-state index in [2.05, 4.69) is 37.1 Å². The monoisotopic (exact) mass is 517 g/mol. The van der Waals surface area contributed by atoms with Crippen LogP contribution in [0.5, 0.6) is 0 Å². The molecule has 0 heterocycles. The lowest BCUT2D eigenvalue weighted by Crippen LogP contribution is -2.50. The molecule has 0 bridgehead atoms. The Morgan fingerprint density at radius 2 is 1.88 bits per heavy atom. The molecule has 5 N–H and O–H groups in total. The standard InChI is InChI=1S/C23H39N3O6S2/c1-4-16(2)20(25-13-18(24)15-33)14-32-21(12-17-8-6-5-7-9-17)22(27)26-19(23(28)29)10-11-34(3,30)31/h5-9,16,18-21,25,33H,4,10-15,24H2,1-3H3,(H,26,27)(H,28,29)/t16-,18?,19?,20+,21?/m0/s1. The first-order valence-corrected chi connectivity index (χ1v) is 14.1. The second kappa shape index (κ2) is 15.4. The summed E-state index contributed by atoms with van der Waals surface area (Å²) in [6.07, 6.45) is 0.982. The molecule has 0 fully saturated rings. The number of rotatable bonds is 17. The van der Waals surface area contributed by atoms with Crippen LogP contribution in [-0.4, -0.2) is 80.5 Å². The summed E-state index contributed by atoms with van der Waals surface area (Å²) in [6, 6.07) is 7.75. The van der Waals surface area contributed by atoms with Crippen LogP contribution in [0, 0.1) is 5.92 Å². The fourth-order valence-corrected chi connectivity index (χ4v) is 4.00. The number of aliphatic carboxylic acids is 1. The third-order valence-electron chi connectivity index (χ3n) is 5.63. The first kappa shape index (κ1) is 30.4. The van der Waals surface area contributed by atoms with Gasteiger partial charge in [0.25, 0.3) is 0 Å². The molecule has 1 aromatic rings. The topological polar surface area (TPSA) is 148 Å².